The number of halogens is 1. The zero-order valence-electron chi connectivity index (χ0n) is 14.6. The number of para-hydroxylation sites is 2. The van der Waals surface area contributed by atoms with E-state index in [9.17, 15) is 0 Å². The highest BCUT2D eigenvalue weighted by Crippen LogP contribution is 2.30. The number of nitrogens with zero attached hydrogens (tertiary/aromatic N) is 2. The molecule has 2 heterocycles. The average molecular weight is 462 g/mol. The highest BCUT2D eigenvalue weighted by Gasteiger charge is 2.20. The summed E-state index contributed by atoms with van der Waals surface area (Å²) in [5.74, 6) is 2.39. The van der Waals surface area contributed by atoms with Gasteiger partial charge in [0.1, 0.15) is 12.7 Å². The van der Waals surface area contributed by atoms with Gasteiger partial charge in [-0.3, -0.25) is 9.89 Å². The Morgan fingerprint density at radius 2 is 1.96 bits per heavy atom. The van der Waals surface area contributed by atoms with E-state index in [1.807, 2.05) is 24.3 Å². The molecule has 1 saturated heterocycles. The molecule has 1 aromatic carbocycles. The van der Waals surface area contributed by atoms with Gasteiger partial charge in [-0.05, 0) is 12.1 Å². The predicted octanol–water partition coefficient (Wildman–Crippen LogP) is 0.942. The fraction of sp³-hybridized carbons (Fsp3) is 0.588. The maximum atomic E-state index is 5.93. The number of fused-ring (bicyclic) bond motifs is 1. The number of guanidine groups is 1. The summed E-state index contributed by atoms with van der Waals surface area (Å²) in [6.07, 6.45) is -0.0299. The molecule has 1 atom stereocenters. The molecule has 2 aliphatic heterocycles. The number of benzene rings is 1. The Balaban J connectivity index is 0.00000225. The van der Waals surface area contributed by atoms with Crippen molar-refractivity contribution in [3.63, 3.8) is 0 Å². The highest BCUT2D eigenvalue weighted by atomic mass is 127. The van der Waals surface area contributed by atoms with Crippen LogP contribution in [0.2, 0.25) is 0 Å². The predicted molar refractivity (Wildman–Crippen MR) is 108 cm³/mol. The van der Waals surface area contributed by atoms with E-state index in [4.69, 9.17) is 14.2 Å². The van der Waals surface area contributed by atoms with Gasteiger partial charge in [0.05, 0.1) is 19.8 Å². The van der Waals surface area contributed by atoms with Crippen LogP contribution >= 0.6 is 24.0 Å². The molecule has 0 radical (unpaired) electrons. The van der Waals surface area contributed by atoms with Crippen molar-refractivity contribution < 1.29 is 14.2 Å². The third kappa shape index (κ3) is 6.19. The fourth-order valence-corrected chi connectivity index (χ4v) is 2.75. The first kappa shape index (κ1) is 20.1. The van der Waals surface area contributed by atoms with Crippen LogP contribution in [-0.2, 0) is 4.74 Å². The first-order chi connectivity index (χ1) is 11.8. The van der Waals surface area contributed by atoms with Gasteiger partial charge in [0, 0.05) is 33.2 Å². The number of rotatable bonds is 5. The van der Waals surface area contributed by atoms with Crippen molar-refractivity contribution in [2.75, 3.05) is 59.6 Å². The number of morpholine rings is 1. The Morgan fingerprint density at radius 3 is 2.72 bits per heavy atom. The lowest BCUT2D eigenvalue weighted by molar-refractivity contribution is 0.0389. The number of aliphatic imine (C=N–C) groups is 1. The second-order valence-corrected chi connectivity index (χ2v) is 5.83. The zero-order valence-corrected chi connectivity index (χ0v) is 16.9. The second kappa shape index (κ2) is 10.7. The Labute approximate surface area is 166 Å². The molecular formula is C17H27IN4O3. The van der Waals surface area contributed by atoms with E-state index < -0.39 is 0 Å². The monoisotopic (exact) mass is 462 g/mol. The van der Waals surface area contributed by atoms with Gasteiger partial charge in [0.25, 0.3) is 0 Å². The second-order valence-electron chi connectivity index (χ2n) is 5.83. The smallest absolute Gasteiger partial charge is 0.191 e. The van der Waals surface area contributed by atoms with Gasteiger partial charge in [0.15, 0.2) is 17.5 Å². The van der Waals surface area contributed by atoms with Crippen molar-refractivity contribution in [3.8, 4) is 11.5 Å². The molecule has 0 bridgehead atoms. The summed E-state index contributed by atoms with van der Waals surface area (Å²) < 4.78 is 17.0. The molecule has 1 fully saturated rings. The summed E-state index contributed by atoms with van der Waals surface area (Å²) in [4.78, 5) is 6.64. The quantitative estimate of drug-likeness (QED) is 0.386. The Morgan fingerprint density at radius 1 is 1.20 bits per heavy atom. The molecule has 2 aliphatic rings. The minimum absolute atomic E-state index is 0. The van der Waals surface area contributed by atoms with Gasteiger partial charge in [-0.2, -0.15) is 0 Å². The average Bonchev–Trinajstić information content (AvgIpc) is 2.65. The van der Waals surface area contributed by atoms with E-state index in [1.54, 1.807) is 7.05 Å². The summed E-state index contributed by atoms with van der Waals surface area (Å²) in [5.41, 5.74) is 0. The van der Waals surface area contributed by atoms with Gasteiger partial charge in [-0.15, -0.1) is 24.0 Å². The highest BCUT2D eigenvalue weighted by molar-refractivity contribution is 14.0. The maximum Gasteiger partial charge on any atom is 0.191 e. The van der Waals surface area contributed by atoms with Crippen LogP contribution in [0.1, 0.15) is 0 Å². The lowest BCUT2D eigenvalue weighted by Gasteiger charge is -2.28. The van der Waals surface area contributed by atoms with Crippen molar-refractivity contribution in [3.05, 3.63) is 24.3 Å². The van der Waals surface area contributed by atoms with Crippen LogP contribution < -0.4 is 20.1 Å². The van der Waals surface area contributed by atoms with Gasteiger partial charge in [0.2, 0.25) is 0 Å². The SMILES string of the molecule is CN=C(NCCN1CCOCC1)NCC1COc2ccccc2O1.I. The lowest BCUT2D eigenvalue weighted by Crippen LogP contribution is -2.47. The Bertz CT molecular complexity index is 552. The molecule has 0 aliphatic carbocycles. The first-order valence-electron chi connectivity index (χ1n) is 8.48. The van der Waals surface area contributed by atoms with Crippen LogP contribution in [0.4, 0.5) is 0 Å². The molecule has 1 unspecified atom stereocenters. The van der Waals surface area contributed by atoms with Crippen LogP contribution in [0.5, 0.6) is 11.5 Å². The largest absolute Gasteiger partial charge is 0.486 e. The van der Waals surface area contributed by atoms with E-state index in [0.29, 0.717) is 13.2 Å². The van der Waals surface area contributed by atoms with E-state index in [0.717, 1.165) is 56.9 Å². The normalized spacial score (nSPS) is 20.5. The van der Waals surface area contributed by atoms with Gasteiger partial charge < -0.3 is 24.8 Å². The third-order valence-electron chi connectivity index (χ3n) is 4.11. The number of ether oxygens (including phenoxy) is 3. The molecule has 0 amide bonds. The van der Waals surface area contributed by atoms with Crippen molar-refractivity contribution in [2.45, 2.75) is 6.10 Å². The fourth-order valence-electron chi connectivity index (χ4n) is 2.75. The first-order valence-corrected chi connectivity index (χ1v) is 8.48. The van der Waals surface area contributed by atoms with Gasteiger partial charge in [-0.1, -0.05) is 12.1 Å². The standard InChI is InChI=1S/C17H26N4O3.HI/c1-18-17(19-6-7-21-8-10-22-11-9-21)20-12-14-13-23-15-4-2-3-5-16(15)24-14;/h2-5,14H,6-13H2,1H3,(H2,18,19,20);1H. The molecule has 2 N–H and O–H groups in total. The summed E-state index contributed by atoms with van der Waals surface area (Å²) in [7, 11) is 1.78. The van der Waals surface area contributed by atoms with Crippen LogP contribution in [-0.4, -0.2) is 76.6 Å². The van der Waals surface area contributed by atoms with Gasteiger partial charge in [-0.25, -0.2) is 0 Å². The lowest BCUT2D eigenvalue weighted by atomic mass is 10.2. The molecule has 0 aromatic heterocycles. The van der Waals surface area contributed by atoms with E-state index >= 15 is 0 Å². The zero-order chi connectivity index (χ0) is 16.6. The number of hydrogen-bond donors (Lipinski definition) is 2. The van der Waals surface area contributed by atoms with Crippen LogP contribution in [0.15, 0.2) is 29.3 Å². The Kier molecular flexibility index (Phi) is 8.56. The number of nitrogens with one attached hydrogen (secondary N) is 2. The topological polar surface area (TPSA) is 67.4 Å². The molecule has 25 heavy (non-hydrogen) atoms. The minimum Gasteiger partial charge on any atom is -0.486 e. The molecule has 0 spiro atoms. The summed E-state index contributed by atoms with van der Waals surface area (Å²) in [6.45, 7) is 6.67. The van der Waals surface area contributed by atoms with E-state index in [2.05, 4.69) is 20.5 Å². The summed E-state index contributed by atoms with van der Waals surface area (Å²) in [6, 6.07) is 7.74. The third-order valence-corrected chi connectivity index (χ3v) is 4.11. The van der Waals surface area contributed by atoms with Crippen LogP contribution in [0, 0.1) is 0 Å². The van der Waals surface area contributed by atoms with E-state index in [-0.39, 0.29) is 30.1 Å². The minimum atomic E-state index is -0.0299. The molecule has 0 saturated carbocycles. The molecule has 140 valence electrons. The Hall–Kier alpha value is -1.26. The van der Waals surface area contributed by atoms with Crippen molar-refractivity contribution in [2.24, 2.45) is 4.99 Å². The van der Waals surface area contributed by atoms with Gasteiger partial charge >= 0.3 is 0 Å². The maximum absolute atomic E-state index is 5.93. The van der Waals surface area contributed by atoms with Crippen LogP contribution in [0.3, 0.4) is 0 Å². The molecular weight excluding hydrogens is 435 g/mol. The molecule has 3 rings (SSSR count). The van der Waals surface area contributed by atoms with Crippen molar-refractivity contribution in [1.29, 1.82) is 0 Å². The molecule has 1 aromatic rings. The summed E-state index contributed by atoms with van der Waals surface area (Å²) in [5, 5.41) is 6.63. The van der Waals surface area contributed by atoms with Crippen molar-refractivity contribution in [1.82, 2.24) is 15.5 Å². The summed E-state index contributed by atoms with van der Waals surface area (Å²) >= 11 is 0. The van der Waals surface area contributed by atoms with Crippen LogP contribution in [0.25, 0.3) is 0 Å². The number of hydrogen-bond acceptors (Lipinski definition) is 5. The molecule has 7 nitrogen and oxygen atoms in total. The molecule has 8 heteroatoms. The van der Waals surface area contributed by atoms with Crippen molar-refractivity contribution >= 4 is 29.9 Å². The van der Waals surface area contributed by atoms with E-state index in [1.165, 1.54) is 0 Å².